The van der Waals surface area contributed by atoms with Crippen molar-refractivity contribution in [1.29, 1.82) is 0 Å². The number of aliphatic carboxylic acids is 1. The van der Waals surface area contributed by atoms with E-state index in [1.54, 1.807) is 32.4 Å². The number of carboxylic acid groups (broad SMARTS) is 1. The van der Waals surface area contributed by atoms with Crippen LogP contribution in [0.4, 0.5) is 0 Å². The van der Waals surface area contributed by atoms with Gasteiger partial charge in [0.1, 0.15) is 11.5 Å². The van der Waals surface area contributed by atoms with E-state index < -0.39 is 5.97 Å². The number of nitrogens with one attached hydrogen (secondary N) is 1. The molecule has 0 saturated carbocycles. The average molecular weight is 360 g/mol. The van der Waals surface area contributed by atoms with Gasteiger partial charge in [-0.25, -0.2) is 0 Å². The van der Waals surface area contributed by atoms with Crippen LogP contribution in [0.1, 0.15) is 11.1 Å². The van der Waals surface area contributed by atoms with Crippen LogP contribution >= 0.6 is 11.6 Å². The molecule has 3 rings (SSSR count). The van der Waals surface area contributed by atoms with E-state index >= 15 is 0 Å². The molecule has 1 heterocycles. The largest absolute Gasteiger partial charge is 0.497 e. The van der Waals surface area contributed by atoms with Crippen LogP contribution < -0.4 is 9.47 Å². The molecule has 0 atom stereocenters. The van der Waals surface area contributed by atoms with Crippen LogP contribution in [0, 0.1) is 6.92 Å². The van der Waals surface area contributed by atoms with Crippen LogP contribution in [0.25, 0.3) is 22.2 Å². The SMILES string of the molecule is COc1ccc(OC)c(-c2[nH]c3c(C)ccc(Cl)c3c2CC(=O)O)c1. The van der Waals surface area contributed by atoms with Crippen LogP contribution in [-0.2, 0) is 11.2 Å². The first-order valence-electron chi connectivity index (χ1n) is 7.70. The van der Waals surface area contributed by atoms with Crippen molar-refractivity contribution in [2.45, 2.75) is 13.3 Å². The first-order valence-corrected chi connectivity index (χ1v) is 8.08. The highest BCUT2D eigenvalue weighted by Crippen LogP contribution is 2.41. The molecule has 3 aromatic rings. The Morgan fingerprint density at radius 1 is 1.20 bits per heavy atom. The lowest BCUT2D eigenvalue weighted by molar-refractivity contribution is -0.136. The molecule has 2 N–H and O–H groups in total. The molecule has 25 heavy (non-hydrogen) atoms. The molecule has 0 radical (unpaired) electrons. The molecule has 0 saturated heterocycles. The fraction of sp³-hybridized carbons (Fsp3) is 0.211. The van der Waals surface area contributed by atoms with Gasteiger partial charge in [-0.05, 0) is 42.3 Å². The van der Waals surface area contributed by atoms with Crippen molar-refractivity contribution in [3.8, 4) is 22.8 Å². The van der Waals surface area contributed by atoms with Gasteiger partial charge in [0.25, 0.3) is 0 Å². The van der Waals surface area contributed by atoms with E-state index in [1.807, 2.05) is 19.1 Å². The molecule has 6 heteroatoms. The molecular formula is C19H18ClNO4. The van der Waals surface area contributed by atoms with Gasteiger partial charge in [-0.3, -0.25) is 4.79 Å². The molecule has 0 amide bonds. The summed E-state index contributed by atoms with van der Waals surface area (Å²) >= 11 is 6.38. The van der Waals surface area contributed by atoms with Crippen molar-refractivity contribution in [2.24, 2.45) is 0 Å². The maximum absolute atomic E-state index is 11.5. The van der Waals surface area contributed by atoms with Crippen molar-refractivity contribution in [3.05, 3.63) is 46.5 Å². The molecule has 130 valence electrons. The zero-order valence-corrected chi connectivity index (χ0v) is 14.9. The molecule has 5 nitrogen and oxygen atoms in total. The van der Waals surface area contributed by atoms with E-state index in [0.29, 0.717) is 27.8 Å². The number of carboxylic acids is 1. The lowest BCUT2D eigenvalue weighted by Crippen LogP contribution is -2.02. The van der Waals surface area contributed by atoms with Gasteiger partial charge in [-0.1, -0.05) is 17.7 Å². The van der Waals surface area contributed by atoms with Crippen molar-refractivity contribution < 1.29 is 19.4 Å². The van der Waals surface area contributed by atoms with Crippen molar-refractivity contribution in [3.63, 3.8) is 0 Å². The summed E-state index contributed by atoms with van der Waals surface area (Å²) in [4.78, 5) is 14.8. The molecule has 0 bridgehead atoms. The van der Waals surface area contributed by atoms with Crippen LogP contribution in [0.2, 0.25) is 5.02 Å². The number of halogens is 1. The van der Waals surface area contributed by atoms with E-state index in [0.717, 1.165) is 22.0 Å². The minimum absolute atomic E-state index is 0.154. The Morgan fingerprint density at radius 3 is 2.60 bits per heavy atom. The summed E-state index contributed by atoms with van der Waals surface area (Å²) in [5.74, 6) is 0.341. The predicted octanol–water partition coefficient (Wildman–Crippen LogP) is 4.44. The third kappa shape index (κ3) is 3.03. The predicted molar refractivity (Wildman–Crippen MR) is 97.9 cm³/mol. The van der Waals surface area contributed by atoms with Gasteiger partial charge < -0.3 is 19.6 Å². The number of methoxy groups -OCH3 is 2. The highest BCUT2D eigenvalue weighted by atomic mass is 35.5. The summed E-state index contributed by atoms with van der Waals surface area (Å²) < 4.78 is 10.8. The highest BCUT2D eigenvalue weighted by Gasteiger charge is 2.21. The summed E-state index contributed by atoms with van der Waals surface area (Å²) in [5, 5.41) is 10.6. The van der Waals surface area contributed by atoms with Gasteiger partial charge in [-0.2, -0.15) is 0 Å². The Balaban J connectivity index is 2.38. The Bertz CT molecular complexity index is 962. The molecule has 2 aromatic carbocycles. The fourth-order valence-electron chi connectivity index (χ4n) is 3.03. The summed E-state index contributed by atoms with van der Waals surface area (Å²) in [7, 11) is 3.15. The number of fused-ring (bicyclic) bond motifs is 1. The number of benzene rings is 2. The average Bonchev–Trinajstić information content (AvgIpc) is 2.97. The minimum atomic E-state index is -0.929. The van der Waals surface area contributed by atoms with E-state index in [1.165, 1.54) is 0 Å². The fourth-order valence-corrected chi connectivity index (χ4v) is 3.30. The molecule has 0 fully saturated rings. The lowest BCUT2D eigenvalue weighted by Gasteiger charge is -2.11. The van der Waals surface area contributed by atoms with Crippen LogP contribution in [0.15, 0.2) is 30.3 Å². The highest BCUT2D eigenvalue weighted by molar-refractivity contribution is 6.36. The van der Waals surface area contributed by atoms with Crippen LogP contribution in [0.5, 0.6) is 11.5 Å². The maximum Gasteiger partial charge on any atom is 0.307 e. The quantitative estimate of drug-likeness (QED) is 0.706. The summed E-state index contributed by atoms with van der Waals surface area (Å²) in [6, 6.07) is 9.08. The van der Waals surface area contributed by atoms with Gasteiger partial charge in [0.15, 0.2) is 0 Å². The summed E-state index contributed by atoms with van der Waals surface area (Å²) in [6.45, 7) is 1.95. The van der Waals surface area contributed by atoms with Gasteiger partial charge in [0, 0.05) is 10.9 Å². The second-order valence-corrected chi connectivity index (χ2v) is 6.14. The Morgan fingerprint density at radius 2 is 1.96 bits per heavy atom. The normalized spacial score (nSPS) is 10.9. The number of aryl methyl sites for hydroxylation is 1. The van der Waals surface area contributed by atoms with E-state index in [9.17, 15) is 9.90 Å². The van der Waals surface area contributed by atoms with Crippen LogP contribution in [0.3, 0.4) is 0 Å². The van der Waals surface area contributed by atoms with Crippen molar-refractivity contribution >= 4 is 28.5 Å². The van der Waals surface area contributed by atoms with Crippen molar-refractivity contribution in [1.82, 2.24) is 4.98 Å². The van der Waals surface area contributed by atoms with Gasteiger partial charge in [-0.15, -0.1) is 0 Å². The zero-order valence-electron chi connectivity index (χ0n) is 14.1. The number of aromatic amines is 1. The zero-order chi connectivity index (χ0) is 18.1. The lowest BCUT2D eigenvalue weighted by atomic mass is 10.0. The number of carbonyl (C=O) groups is 1. The second kappa shape index (κ2) is 6.69. The number of hydrogen-bond donors (Lipinski definition) is 2. The second-order valence-electron chi connectivity index (χ2n) is 5.73. The minimum Gasteiger partial charge on any atom is -0.497 e. The Labute approximate surface area is 150 Å². The Hall–Kier alpha value is -2.66. The van der Waals surface area contributed by atoms with Gasteiger partial charge >= 0.3 is 5.97 Å². The van der Waals surface area contributed by atoms with Gasteiger partial charge in [0.05, 0.1) is 36.9 Å². The molecule has 0 aliphatic carbocycles. The number of ether oxygens (including phenoxy) is 2. The molecule has 0 spiro atoms. The first kappa shape index (κ1) is 17.2. The molecular weight excluding hydrogens is 342 g/mol. The molecule has 1 aromatic heterocycles. The number of rotatable bonds is 5. The third-order valence-corrected chi connectivity index (χ3v) is 4.54. The van der Waals surface area contributed by atoms with Crippen LogP contribution in [-0.4, -0.2) is 30.3 Å². The van der Waals surface area contributed by atoms with Gasteiger partial charge in [0.2, 0.25) is 0 Å². The monoisotopic (exact) mass is 359 g/mol. The molecule has 0 aliphatic rings. The number of hydrogen-bond acceptors (Lipinski definition) is 3. The Kier molecular flexibility index (Phi) is 4.59. The summed E-state index contributed by atoms with van der Waals surface area (Å²) in [6.07, 6.45) is -0.154. The third-order valence-electron chi connectivity index (χ3n) is 4.22. The molecule has 0 unspecified atom stereocenters. The van der Waals surface area contributed by atoms with E-state index in [4.69, 9.17) is 21.1 Å². The van der Waals surface area contributed by atoms with E-state index in [2.05, 4.69) is 4.98 Å². The number of aromatic nitrogens is 1. The topological polar surface area (TPSA) is 71.5 Å². The number of H-pyrrole nitrogens is 1. The smallest absolute Gasteiger partial charge is 0.307 e. The van der Waals surface area contributed by atoms with E-state index in [-0.39, 0.29) is 6.42 Å². The maximum atomic E-state index is 11.5. The van der Waals surface area contributed by atoms with Crippen molar-refractivity contribution in [2.75, 3.05) is 14.2 Å². The summed E-state index contributed by atoms with van der Waals surface area (Å²) in [5.41, 5.74) is 3.83. The molecule has 0 aliphatic heterocycles. The first-order chi connectivity index (χ1) is 12.0. The standard InChI is InChI=1S/C19H18ClNO4/c1-10-4-6-14(20)17-13(9-16(22)23)19(21-18(10)17)12-8-11(24-2)5-7-15(12)25-3/h4-8,21H,9H2,1-3H3,(H,22,23).